The van der Waals surface area contributed by atoms with E-state index in [1.54, 1.807) is 7.05 Å². The third-order valence-electron chi connectivity index (χ3n) is 2.81. The molecule has 86 valence electrons. The predicted octanol–water partition coefficient (Wildman–Crippen LogP) is 0.148. The highest BCUT2D eigenvalue weighted by Crippen LogP contribution is 2.11. The lowest BCUT2D eigenvalue weighted by Crippen LogP contribution is -2.51. The van der Waals surface area contributed by atoms with Gasteiger partial charge in [0.1, 0.15) is 5.82 Å². The van der Waals surface area contributed by atoms with Gasteiger partial charge < -0.3 is 15.5 Å². The summed E-state index contributed by atoms with van der Waals surface area (Å²) in [6, 6.07) is 5.98. The number of aliphatic imine (C=N–C) groups is 1. The molecule has 5 heteroatoms. The second-order valence-corrected chi connectivity index (χ2v) is 3.74. The van der Waals surface area contributed by atoms with Gasteiger partial charge in [-0.05, 0) is 12.1 Å². The molecule has 1 aromatic rings. The summed E-state index contributed by atoms with van der Waals surface area (Å²) in [4.78, 5) is 12.7. The van der Waals surface area contributed by atoms with Crippen LogP contribution in [0, 0.1) is 0 Å². The van der Waals surface area contributed by atoms with Crippen LogP contribution in [-0.4, -0.2) is 49.1 Å². The van der Waals surface area contributed by atoms with E-state index in [9.17, 15) is 0 Å². The van der Waals surface area contributed by atoms with Crippen LogP contribution in [0.5, 0.6) is 0 Å². The van der Waals surface area contributed by atoms with Crippen LogP contribution in [0.4, 0.5) is 5.82 Å². The quantitative estimate of drug-likeness (QED) is 0.539. The van der Waals surface area contributed by atoms with E-state index in [0.717, 1.165) is 32.0 Å². The Morgan fingerprint density at radius 2 is 2.06 bits per heavy atom. The van der Waals surface area contributed by atoms with Gasteiger partial charge in [-0.3, -0.25) is 4.99 Å². The lowest BCUT2D eigenvalue weighted by Gasteiger charge is -2.35. The fourth-order valence-electron chi connectivity index (χ4n) is 1.85. The Hall–Kier alpha value is -1.78. The number of nitrogens with two attached hydrogens (primary N) is 1. The molecule has 1 fully saturated rings. The molecule has 0 aromatic carbocycles. The topological polar surface area (TPSA) is 57.8 Å². The molecule has 1 aliphatic heterocycles. The molecule has 5 nitrogen and oxygen atoms in total. The zero-order valence-corrected chi connectivity index (χ0v) is 9.50. The number of guanidine groups is 1. The van der Waals surface area contributed by atoms with Gasteiger partial charge in [0.15, 0.2) is 5.96 Å². The molecule has 0 bridgehead atoms. The van der Waals surface area contributed by atoms with E-state index < -0.39 is 0 Å². The van der Waals surface area contributed by atoms with Crippen molar-refractivity contribution in [1.29, 1.82) is 0 Å². The van der Waals surface area contributed by atoms with Crippen LogP contribution in [0.1, 0.15) is 0 Å². The van der Waals surface area contributed by atoms with Crippen molar-refractivity contribution >= 4 is 11.8 Å². The number of anilines is 1. The van der Waals surface area contributed by atoms with E-state index in [1.165, 1.54) is 0 Å². The van der Waals surface area contributed by atoms with Crippen LogP contribution in [0.25, 0.3) is 0 Å². The Kier molecular flexibility index (Phi) is 3.24. The highest BCUT2D eigenvalue weighted by atomic mass is 15.3. The van der Waals surface area contributed by atoms with Crippen molar-refractivity contribution in [2.24, 2.45) is 10.7 Å². The molecule has 1 saturated heterocycles. The summed E-state index contributed by atoms with van der Waals surface area (Å²) in [5.41, 5.74) is 5.77. The SMILES string of the molecule is CN=C(N)N1CCN(c2ccccn2)CC1. The largest absolute Gasteiger partial charge is 0.370 e. The molecule has 0 aliphatic carbocycles. The number of hydrogen-bond donors (Lipinski definition) is 1. The molecular formula is C11H17N5. The van der Waals surface area contributed by atoms with E-state index in [-0.39, 0.29) is 0 Å². The van der Waals surface area contributed by atoms with Gasteiger partial charge >= 0.3 is 0 Å². The molecule has 0 unspecified atom stereocenters. The molecule has 1 aliphatic rings. The molecule has 2 rings (SSSR count). The maximum atomic E-state index is 5.77. The summed E-state index contributed by atoms with van der Waals surface area (Å²) < 4.78 is 0. The van der Waals surface area contributed by atoms with Crippen molar-refractivity contribution in [2.45, 2.75) is 0 Å². The first-order valence-electron chi connectivity index (χ1n) is 5.44. The van der Waals surface area contributed by atoms with Gasteiger partial charge in [0, 0.05) is 39.4 Å². The maximum Gasteiger partial charge on any atom is 0.191 e. The summed E-state index contributed by atoms with van der Waals surface area (Å²) >= 11 is 0. The fraction of sp³-hybridized carbons (Fsp3) is 0.455. The average Bonchev–Trinajstić information content (AvgIpc) is 2.39. The molecule has 2 heterocycles. The third-order valence-corrected chi connectivity index (χ3v) is 2.81. The van der Waals surface area contributed by atoms with Crippen LogP contribution in [-0.2, 0) is 0 Å². The van der Waals surface area contributed by atoms with Gasteiger partial charge in [-0.1, -0.05) is 6.07 Å². The predicted molar refractivity (Wildman–Crippen MR) is 65.6 cm³/mol. The van der Waals surface area contributed by atoms with E-state index in [1.807, 2.05) is 24.4 Å². The number of piperazine rings is 1. The van der Waals surface area contributed by atoms with Crippen LogP contribution in [0.2, 0.25) is 0 Å². The Bertz CT molecular complexity index is 354. The molecule has 2 N–H and O–H groups in total. The Morgan fingerprint density at radius 1 is 1.31 bits per heavy atom. The number of pyridine rings is 1. The lowest BCUT2D eigenvalue weighted by molar-refractivity contribution is 0.380. The van der Waals surface area contributed by atoms with Gasteiger partial charge in [-0.25, -0.2) is 4.98 Å². The summed E-state index contributed by atoms with van der Waals surface area (Å²) in [6.07, 6.45) is 1.82. The highest BCUT2D eigenvalue weighted by molar-refractivity contribution is 5.78. The number of nitrogens with zero attached hydrogens (tertiary/aromatic N) is 4. The van der Waals surface area contributed by atoms with Crippen molar-refractivity contribution in [1.82, 2.24) is 9.88 Å². The van der Waals surface area contributed by atoms with Crippen molar-refractivity contribution in [3.8, 4) is 0 Å². The van der Waals surface area contributed by atoms with E-state index in [4.69, 9.17) is 5.73 Å². The Morgan fingerprint density at radius 3 is 2.62 bits per heavy atom. The number of aromatic nitrogens is 1. The molecule has 0 saturated carbocycles. The van der Waals surface area contributed by atoms with Crippen molar-refractivity contribution < 1.29 is 0 Å². The minimum Gasteiger partial charge on any atom is -0.370 e. The van der Waals surface area contributed by atoms with Crippen LogP contribution in [0.15, 0.2) is 29.4 Å². The first-order valence-corrected chi connectivity index (χ1v) is 5.44. The number of hydrogen-bond acceptors (Lipinski definition) is 3. The first-order chi connectivity index (χ1) is 7.81. The van der Waals surface area contributed by atoms with Gasteiger partial charge in [0.05, 0.1) is 0 Å². The summed E-state index contributed by atoms with van der Waals surface area (Å²) in [6.45, 7) is 3.68. The molecular weight excluding hydrogens is 202 g/mol. The van der Waals surface area contributed by atoms with Gasteiger partial charge in [-0.15, -0.1) is 0 Å². The molecule has 0 atom stereocenters. The normalized spacial score (nSPS) is 17.7. The molecule has 0 spiro atoms. The second-order valence-electron chi connectivity index (χ2n) is 3.74. The summed E-state index contributed by atoms with van der Waals surface area (Å²) in [5, 5.41) is 0. The zero-order chi connectivity index (χ0) is 11.4. The molecule has 16 heavy (non-hydrogen) atoms. The average molecular weight is 219 g/mol. The van der Waals surface area contributed by atoms with E-state index in [0.29, 0.717) is 5.96 Å². The summed E-state index contributed by atoms with van der Waals surface area (Å²) in [5.74, 6) is 1.66. The molecule has 1 aromatic heterocycles. The van der Waals surface area contributed by atoms with Crippen molar-refractivity contribution in [3.63, 3.8) is 0 Å². The van der Waals surface area contributed by atoms with Crippen LogP contribution < -0.4 is 10.6 Å². The van der Waals surface area contributed by atoms with Crippen LogP contribution in [0.3, 0.4) is 0 Å². The zero-order valence-electron chi connectivity index (χ0n) is 9.50. The fourth-order valence-corrected chi connectivity index (χ4v) is 1.85. The van der Waals surface area contributed by atoms with Crippen LogP contribution >= 0.6 is 0 Å². The van der Waals surface area contributed by atoms with Gasteiger partial charge in [0.2, 0.25) is 0 Å². The summed E-state index contributed by atoms with van der Waals surface area (Å²) in [7, 11) is 1.72. The smallest absolute Gasteiger partial charge is 0.191 e. The lowest BCUT2D eigenvalue weighted by atomic mass is 10.3. The van der Waals surface area contributed by atoms with Gasteiger partial charge in [-0.2, -0.15) is 0 Å². The highest BCUT2D eigenvalue weighted by Gasteiger charge is 2.18. The van der Waals surface area contributed by atoms with E-state index in [2.05, 4.69) is 19.8 Å². The maximum absolute atomic E-state index is 5.77. The minimum atomic E-state index is 0.626. The molecule has 0 radical (unpaired) electrons. The Labute approximate surface area is 95.6 Å². The number of rotatable bonds is 1. The van der Waals surface area contributed by atoms with Crippen molar-refractivity contribution in [3.05, 3.63) is 24.4 Å². The molecule has 0 amide bonds. The standard InChI is InChI=1S/C11H17N5/c1-13-11(12)16-8-6-15(7-9-16)10-4-2-3-5-14-10/h2-5H,6-9H2,1H3,(H2,12,13). The second kappa shape index (κ2) is 4.83. The third kappa shape index (κ3) is 2.24. The Balaban J connectivity index is 1.96. The minimum absolute atomic E-state index is 0.626. The van der Waals surface area contributed by atoms with E-state index >= 15 is 0 Å². The van der Waals surface area contributed by atoms with Gasteiger partial charge in [0.25, 0.3) is 0 Å². The first kappa shape index (κ1) is 10.7. The van der Waals surface area contributed by atoms with Crippen molar-refractivity contribution in [2.75, 3.05) is 38.1 Å². The monoisotopic (exact) mass is 219 g/mol.